The fourth-order valence-electron chi connectivity index (χ4n) is 1.83. The van der Waals surface area contributed by atoms with Crippen LogP contribution in [0.15, 0.2) is 21.5 Å². The summed E-state index contributed by atoms with van der Waals surface area (Å²) in [5.41, 5.74) is -0.240. The molecule has 0 aliphatic heterocycles. The maximum absolute atomic E-state index is 12.2. The Morgan fingerprint density at radius 2 is 1.85 bits per heavy atom. The van der Waals surface area contributed by atoms with Crippen LogP contribution in [-0.2, 0) is 14.3 Å². The molecule has 0 saturated heterocycles. The van der Waals surface area contributed by atoms with E-state index in [0.29, 0.717) is 0 Å². The second-order valence-corrected chi connectivity index (χ2v) is 5.35. The third kappa shape index (κ3) is 3.27. The Bertz CT molecular complexity index is 579. The van der Waals surface area contributed by atoms with Crippen molar-refractivity contribution in [3.8, 4) is 0 Å². The zero-order valence-electron chi connectivity index (χ0n) is 11.7. The molecule has 1 aromatic rings. The van der Waals surface area contributed by atoms with E-state index in [-0.39, 0.29) is 16.0 Å². The first-order valence-electron chi connectivity index (χ1n) is 5.91. The van der Waals surface area contributed by atoms with Gasteiger partial charge >= 0.3 is 11.9 Å². The number of esters is 2. The van der Waals surface area contributed by atoms with Gasteiger partial charge in [-0.1, -0.05) is 13.8 Å². The Morgan fingerprint density at radius 1 is 1.25 bits per heavy atom. The first-order chi connectivity index (χ1) is 9.33. The van der Waals surface area contributed by atoms with Crippen LogP contribution in [0, 0.1) is 5.92 Å². The Kier molecular flexibility index (Phi) is 5.50. The van der Waals surface area contributed by atoms with Gasteiger partial charge in [0.15, 0.2) is 0 Å². The lowest BCUT2D eigenvalue weighted by atomic mass is 10.0. The summed E-state index contributed by atoms with van der Waals surface area (Å²) in [6.45, 7) is 3.57. The van der Waals surface area contributed by atoms with Crippen LogP contribution in [0.2, 0.25) is 0 Å². The van der Waals surface area contributed by atoms with E-state index >= 15 is 0 Å². The number of carbonyl (C=O) groups is 2. The molecule has 0 aliphatic rings. The summed E-state index contributed by atoms with van der Waals surface area (Å²) in [5, 5.41) is 0. The average molecular weight is 346 g/mol. The number of rotatable bonds is 4. The van der Waals surface area contributed by atoms with E-state index in [1.54, 1.807) is 13.8 Å². The van der Waals surface area contributed by atoms with Crippen molar-refractivity contribution >= 4 is 27.9 Å². The Balaban J connectivity index is 3.48. The van der Waals surface area contributed by atoms with Gasteiger partial charge in [0.1, 0.15) is 6.04 Å². The Hall–Kier alpha value is -1.63. The standard InChI is InChI=1S/C13H16BrNO5/c1-7(2)10(13(18)20-4)15-6-8(12(17)19-3)5-9(14)11(15)16/h5-7,10H,1-4H3/t10-/m0/s1. The highest BCUT2D eigenvalue weighted by atomic mass is 79.9. The molecular weight excluding hydrogens is 330 g/mol. The number of carbonyl (C=O) groups excluding carboxylic acids is 2. The van der Waals surface area contributed by atoms with Crippen LogP contribution in [0.3, 0.4) is 0 Å². The van der Waals surface area contributed by atoms with Crippen molar-refractivity contribution in [3.05, 3.63) is 32.7 Å². The topological polar surface area (TPSA) is 74.6 Å². The molecule has 1 aromatic heterocycles. The number of hydrogen-bond acceptors (Lipinski definition) is 5. The van der Waals surface area contributed by atoms with Gasteiger partial charge in [0, 0.05) is 6.20 Å². The smallest absolute Gasteiger partial charge is 0.339 e. The van der Waals surface area contributed by atoms with E-state index < -0.39 is 23.5 Å². The van der Waals surface area contributed by atoms with E-state index in [9.17, 15) is 14.4 Å². The minimum absolute atomic E-state index is 0.175. The molecule has 0 amide bonds. The lowest BCUT2D eigenvalue weighted by Gasteiger charge is -2.21. The van der Waals surface area contributed by atoms with Crippen molar-refractivity contribution < 1.29 is 19.1 Å². The molecule has 6 nitrogen and oxygen atoms in total. The summed E-state index contributed by atoms with van der Waals surface area (Å²) in [6, 6.07) is 0.549. The Labute approximate surface area is 124 Å². The molecule has 0 aromatic carbocycles. The van der Waals surface area contributed by atoms with E-state index in [1.165, 1.54) is 31.0 Å². The SMILES string of the molecule is COC(=O)c1cc(Br)c(=O)n([C@H](C(=O)OC)C(C)C)c1. The van der Waals surface area contributed by atoms with Crippen LogP contribution in [0.1, 0.15) is 30.2 Å². The molecule has 0 bridgehead atoms. The van der Waals surface area contributed by atoms with Gasteiger partial charge in [-0.15, -0.1) is 0 Å². The molecule has 20 heavy (non-hydrogen) atoms. The fourth-order valence-corrected chi connectivity index (χ4v) is 2.28. The third-order valence-corrected chi connectivity index (χ3v) is 3.36. The molecule has 1 atom stereocenters. The van der Waals surface area contributed by atoms with Gasteiger partial charge in [-0.2, -0.15) is 0 Å². The zero-order valence-corrected chi connectivity index (χ0v) is 13.3. The van der Waals surface area contributed by atoms with Crippen LogP contribution < -0.4 is 5.56 Å². The van der Waals surface area contributed by atoms with Gasteiger partial charge in [0.05, 0.1) is 24.3 Å². The van der Waals surface area contributed by atoms with Gasteiger partial charge in [0.25, 0.3) is 5.56 Å². The third-order valence-electron chi connectivity index (χ3n) is 2.79. The number of methoxy groups -OCH3 is 2. The molecule has 1 rings (SSSR count). The molecule has 0 saturated carbocycles. The van der Waals surface area contributed by atoms with Crippen LogP contribution in [-0.4, -0.2) is 30.7 Å². The number of nitrogens with zero attached hydrogens (tertiary/aromatic N) is 1. The Morgan fingerprint density at radius 3 is 2.30 bits per heavy atom. The predicted octanol–water partition coefficient (Wildman–Crippen LogP) is 1.77. The maximum atomic E-state index is 12.2. The highest BCUT2D eigenvalue weighted by Gasteiger charge is 2.27. The van der Waals surface area contributed by atoms with Gasteiger partial charge in [0.2, 0.25) is 0 Å². The van der Waals surface area contributed by atoms with Gasteiger partial charge in [-0.25, -0.2) is 9.59 Å². The highest BCUT2D eigenvalue weighted by Crippen LogP contribution is 2.20. The summed E-state index contributed by atoms with van der Waals surface area (Å²) in [5.74, 6) is -1.32. The molecule has 1 heterocycles. The quantitative estimate of drug-likeness (QED) is 0.777. The summed E-state index contributed by atoms with van der Waals surface area (Å²) in [6.07, 6.45) is 1.31. The molecule has 0 radical (unpaired) electrons. The number of ether oxygens (including phenoxy) is 2. The second-order valence-electron chi connectivity index (χ2n) is 4.49. The molecule has 0 unspecified atom stereocenters. The number of hydrogen-bond donors (Lipinski definition) is 0. The monoisotopic (exact) mass is 345 g/mol. The fraction of sp³-hybridized carbons (Fsp3) is 0.462. The van der Waals surface area contributed by atoms with Gasteiger partial charge < -0.3 is 9.47 Å². The van der Waals surface area contributed by atoms with Crippen molar-refractivity contribution in [2.45, 2.75) is 19.9 Å². The first kappa shape index (κ1) is 16.4. The van der Waals surface area contributed by atoms with Crippen molar-refractivity contribution in [3.63, 3.8) is 0 Å². The average Bonchev–Trinajstić information content (AvgIpc) is 2.41. The largest absolute Gasteiger partial charge is 0.467 e. The van der Waals surface area contributed by atoms with Crippen molar-refractivity contribution in [1.82, 2.24) is 4.57 Å². The summed E-state index contributed by atoms with van der Waals surface area (Å²) < 4.78 is 10.7. The van der Waals surface area contributed by atoms with Crippen LogP contribution in [0.5, 0.6) is 0 Å². The van der Waals surface area contributed by atoms with Crippen LogP contribution in [0.25, 0.3) is 0 Å². The normalized spacial score (nSPS) is 12.1. The maximum Gasteiger partial charge on any atom is 0.339 e. The van der Waals surface area contributed by atoms with Crippen molar-refractivity contribution in [2.24, 2.45) is 5.92 Å². The molecule has 0 fully saturated rings. The summed E-state index contributed by atoms with van der Waals surface area (Å²) in [7, 11) is 2.49. The van der Waals surface area contributed by atoms with Gasteiger partial charge in [-0.05, 0) is 27.9 Å². The number of pyridine rings is 1. The van der Waals surface area contributed by atoms with Crippen LogP contribution in [0.4, 0.5) is 0 Å². The second kappa shape index (κ2) is 6.69. The molecular formula is C13H16BrNO5. The van der Waals surface area contributed by atoms with E-state index in [0.717, 1.165) is 0 Å². The molecule has 110 valence electrons. The predicted molar refractivity (Wildman–Crippen MR) is 75.6 cm³/mol. The van der Waals surface area contributed by atoms with Crippen LogP contribution >= 0.6 is 15.9 Å². The van der Waals surface area contributed by atoms with E-state index in [4.69, 9.17) is 4.74 Å². The summed E-state index contributed by atoms with van der Waals surface area (Å²) in [4.78, 5) is 35.6. The molecule has 7 heteroatoms. The zero-order chi connectivity index (χ0) is 15.4. The molecule has 0 N–H and O–H groups in total. The van der Waals surface area contributed by atoms with Crippen molar-refractivity contribution in [1.29, 1.82) is 0 Å². The van der Waals surface area contributed by atoms with E-state index in [2.05, 4.69) is 20.7 Å². The molecule has 0 spiro atoms. The number of aromatic nitrogens is 1. The minimum atomic E-state index is -0.812. The minimum Gasteiger partial charge on any atom is -0.467 e. The highest BCUT2D eigenvalue weighted by molar-refractivity contribution is 9.10. The summed E-state index contributed by atoms with van der Waals surface area (Å²) >= 11 is 3.09. The van der Waals surface area contributed by atoms with Crippen molar-refractivity contribution in [2.75, 3.05) is 14.2 Å². The number of halogens is 1. The van der Waals surface area contributed by atoms with E-state index in [1.807, 2.05) is 0 Å². The first-order valence-corrected chi connectivity index (χ1v) is 6.70. The lowest BCUT2D eigenvalue weighted by Crippen LogP contribution is -2.34. The van der Waals surface area contributed by atoms with Gasteiger partial charge in [-0.3, -0.25) is 9.36 Å². The molecule has 0 aliphatic carbocycles. The lowest BCUT2D eigenvalue weighted by molar-refractivity contribution is -0.146.